The molecule has 0 saturated carbocycles. The molecule has 0 spiro atoms. The molecule has 2 rings (SSSR count). The predicted molar refractivity (Wildman–Crippen MR) is 97.4 cm³/mol. The van der Waals surface area contributed by atoms with Gasteiger partial charge in [0.1, 0.15) is 0 Å². The molecule has 1 amide bonds. The predicted octanol–water partition coefficient (Wildman–Crippen LogP) is 3.45. The van der Waals surface area contributed by atoms with Crippen LogP contribution in [0.1, 0.15) is 16.7 Å². The van der Waals surface area contributed by atoms with E-state index < -0.39 is 11.9 Å². The molecule has 0 radical (unpaired) electrons. The number of ether oxygens (including phenoxy) is 1. The zero-order valence-electron chi connectivity index (χ0n) is 14.0. The summed E-state index contributed by atoms with van der Waals surface area (Å²) in [7, 11) is 0. The van der Waals surface area contributed by atoms with Crippen molar-refractivity contribution in [2.45, 2.75) is 18.7 Å². The summed E-state index contributed by atoms with van der Waals surface area (Å²) < 4.78 is 4.99. The molecule has 2 aromatic rings. The molecule has 128 valence electrons. The number of carbonyl (C=O) groups is 2. The van der Waals surface area contributed by atoms with Crippen LogP contribution in [0.4, 0.5) is 5.69 Å². The number of nitrogens with one attached hydrogen (secondary N) is 1. The lowest BCUT2D eigenvalue weighted by molar-refractivity contribution is -0.144. The molecule has 25 heavy (non-hydrogen) atoms. The number of nitriles is 1. The smallest absolute Gasteiger partial charge is 0.316 e. The molecule has 0 bridgehead atoms. The Balaban J connectivity index is 1.78. The molecule has 0 unspecified atom stereocenters. The number of rotatable bonds is 6. The lowest BCUT2D eigenvalue weighted by atomic mass is 10.2. The number of hydrogen-bond acceptors (Lipinski definition) is 5. The van der Waals surface area contributed by atoms with Gasteiger partial charge in [-0.15, -0.1) is 11.8 Å². The summed E-state index contributed by atoms with van der Waals surface area (Å²) in [5, 5.41) is 11.4. The summed E-state index contributed by atoms with van der Waals surface area (Å²) >= 11 is 1.39. The van der Waals surface area contributed by atoms with Crippen molar-refractivity contribution in [3.63, 3.8) is 0 Å². The first-order valence-corrected chi connectivity index (χ1v) is 8.62. The number of amides is 1. The number of benzene rings is 2. The third-order valence-electron chi connectivity index (χ3n) is 3.33. The van der Waals surface area contributed by atoms with Crippen molar-refractivity contribution in [1.29, 1.82) is 5.26 Å². The van der Waals surface area contributed by atoms with Gasteiger partial charge in [0.25, 0.3) is 5.91 Å². The van der Waals surface area contributed by atoms with Gasteiger partial charge in [-0.3, -0.25) is 9.59 Å². The minimum atomic E-state index is -0.452. The highest BCUT2D eigenvalue weighted by Crippen LogP contribution is 2.23. The minimum Gasteiger partial charge on any atom is -0.455 e. The molecule has 0 aliphatic heterocycles. The van der Waals surface area contributed by atoms with E-state index in [9.17, 15) is 9.59 Å². The molecule has 0 fully saturated rings. The van der Waals surface area contributed by atoms with E-state index in [1.165, 1.54) is 11.8 Å². The van der Waals surface area contributed by atoms with Gasteiger partial charge < -0.3 is 10.1 Å². The molecule has 0 aromatic heterocycles. The lowest BCUT2D eigenvalue weighted by Gasteiger charge is -2.08. The van der Waals surface area contributed by atoms with Crippen LogP contribution in [0.25, 0.3) is 0 Å². The first-order valence-electron chi connectivity index (χ1n) is 7.63. The van der Waals surface area contributed by atoms with Gasteiger partial charge in [-0.25, -0.2) is 0 Å². The molecule has 5 nitrogen and oxygen atoms in total. The summed E-state index contributed by atoms with van der Waals surface area (Å²) in [5.74, 6) is -0.756. The number of hydrogen-bond donors (Lipinski definition) is 1. The summed E-state index contributed by atoms with van der Waals surface area (Å²) in [5.41, 5.74) is 3.16. The molecular weight excluding hydrogens is 336 g/mol. The second kappa shape index (κ2) is 8.90. The van der Waals surface area contributed by atoms with Crippen LogP contribution < -0.4 is 5.32 Å². The fourth-order valence-corrected chi connectivity index (χ4v) is 2.97. The third kappa shape index (κ3) is 5.98. The van der Waals surface area contributed by atoms with Gasteiger partial charge in [-0.1, -0.05) is 23.8 Å². The Morgan fingerprint density at radius 2 is 2.00 bits per heavy atom. The zero-order chi connectivity index (χ0) is 18.2. The highest BCUT2D eigenvalue weighted by molar-refractivity contribution is 8.00. The topological polar surface area (TPSA) is 79.2 Å². The molecule has 0 saturated heterocycles. The summed E-state index contributed by atoms with van der Waals surface area (Å²) in [6, 6.07) is 14.6. The summed E-state index contributed by atoms with van der Waals surface area (Å²) in [6.07, 6.45) is 0. The minimum absolute atomic E-state index is 0.140. The third-order valence-corrected chi connectivity index (χ3v) is 4.46. The highest BCUT2D eigenvalue weighted by atomic mass is 32.2. The number of aryl methyl sites for hydroxylation is 2. The molecular formula is C19H18N2O3S. The maximum atomic E-state index is 11.8. The summed E-state index contributed by atoms with van der Waals surface area (Å²) in [6.45, 7) is 3.62. The maximum Gasteiger partial charge on any atom is 0.316 e. The molecule has 2 aromatic carbocycles. The van der Waals surface area contributed by atoms with Gasteiger partial charge in [-0.2, -0.15) is 5.26 Å². The van der Waals surface area contributed by atoms with E-state index in [-0.39, 0.29) is 12.4 Å². The van der Waals surface area contributed by atoms with Gasteiger partial charge in [-0.05, 0) is 43.7 Å². The van der Waals surface area contributed by atoms with E-state index in [2.05, 4.69) is 5.32 Å². The Kier molecular flexibility index (Phi) is 6.61. The second-order valence-electron chi connectivity index (χ2n) is 5.46. The fraction of sp³-hybridized carbons (Fsp3) is 0.211. The summed E-state index contributed by atoms with van der Waals surface area (Å²) in [4.78, 5) is 24.6. The molecule has 0 atom stereocenters. The van der Waals surface area contributed by atoms with Crippen molar-refractivity contribution in [3.05, 3.63) is 59.2 Å². The standard InChI is InChI=1S/C19H18N2O3S/c1-13-6-7-14(2)17(8-13)25-12-19(23)24-11-18(22)21-16-5-3-4-15(9-16)10-20/h3-9H,11-12H2,1-2H3,(H,21,22). The van der Waals surface area contributed by atoms with Crippen LogP contribution in [-0.2, 0) is 14.3 Å². The molecule has 6 heteroatoms. The van der Waals surface area contributed by atoms with Crippen LogP contribution in [-0.4, -0.2) is 24.2 Å². The van der Waals surface area contributed by atoms with Gasteiger partial charge in [0, 0.05) is 10.6 Å². The SMILES string of the molecule is Cc1ccc(C)c(SCC(=O)OCC(=O)Nc2cccc(C#N)c2)c1. The number of esters is 1. The largest absolute Gasteiger partial charge is 0.455 e. The van der Waals surface area contributed by atoms with E-state index in [4.69, 9.17) is 10.00 Å². The van der Waals surface area contributed by atoms with Gasteiger partial charge in [0.15, 0.2) is 6.61 Å². The van der Waals surface area contributed by atoms with Crippen molar-refractivity contribution in [2.75, 3.05) is 17.7 Å². The molecule has 0 heterocycles. The maximum absolute atomic E-state index is 11.8. The number of thioether (sulfide) groups is 1. The lowest BCUT2D eigenvalue weighted by Crippen LogP contribution is -2.21. The zero-order valence-corrected chi connectivity index (χ0v) is 14.9. The van der Waals surface area contributed by atoms with E-state index in [0.29, 0.717) is 11.3 Å². The van der Waals surface area contributed by atoms with Crippen molar-refractivity contribution < 1.29 is 14.3 Å². The van der Waals surface area contributed by atoms with E-state index >= 15 is 0 Å². The first-order chi connectivity index (χ1) is 12.0. The van der Waals surface area contributed by atoms with Crippen molar-refractivity contribution in [1.82, 2.24) is 0 Å². The van der Waals surface area contributed by atoms with Crippen LogP contribution in [0.3, 0.4) is 0 Å². The van der Waals surface area contributed by atoms with Crippen LogP contribution in [0.5, 0.6) is 0 Å². The average Bonchev–Trinajstić information content (AvgIpc) is 2.61. The first kappa shape index (κ1) is 18.6. The Morgan fingerprint density at radius 3 is 2.76 bits per heavy atom. The van der Waals surface area contributed by atoms with Crippen molar-refractivity contribution >= 4 is 29.3 Å². The quantitative estimate of drug-likeness (QED) is 0.635. The van der Waals surface area contributed by atoms with Crippen molar-refractivity contribution in [2.24, 2.45) is 0 Å². The Labute approximate surface area is 151 Å². The number of anilines is 1. The van der Waals surface area contributed by atoms with E-state index in [0.717, 1.165) is 16.0 Å². The van der Waals surface area contributed by atoms with Gasteiger partial charge in [0.05, 0.1) is 17.4 Å². The number of nitrogens with zero attached hydrogens (tertiary/aromatic N) is 1. The van der Waals surface area contributed by atoms with Crippen LogP contribution >= 0.6 is 11.8 Å². The van der Waals surface area contributed by atoms with Gasteiger partial charge in [0.2, 0.25) is 0 Å². The molecule has 1 N–H and O–H groups in total. The molecule has 0 aliphatic carbocycles. The van der Waals surface area contributed by atoms with Gasteiger partial charge >= 0.3 is 5.97 Å². The second-order valence-corrected chi connectivity index (χ2v) is 6.48. The van der Waals surface area contributed by atoms with Crippen LogP contribution in [0.15, 0.2) is 47.4 Å². The monoisotopic (exact) mass is 354 g/mol. The van der Waals surface area contributed by atoms with E-state index in [1.807, 2.05) is 38.1 Å². The van der Waals surface area contributed by atoms with Crippen LogP contribution in [0.2, 0.25) is 0 Å². The van der Waals surface area contributed by atoms with E-state index in [1.54, 1.807) is 24.3 Å². The Morgan fingerprint density at radius 1 is 1.20 bits per heavy atom. The van der Waals surface area contributed by atoms with Crippen LogP contribution in [0, 0.1) is 25.2 Å². The fourth-order valence-electron chi connectivity index (χ4n) is 2.05. The Bertz CT molecular complexity index is 828. The average molecular weight is 354 g/mol. The Hall–Kier alpha value is -2.78. The number of carbonyl (C=O) groups excluding carboxylic acids is 2. The normalized spacial score (nSPS) is 9.96. The molecule has 0 aliphatic rings. The van der Waals surface area contributed by atoms with Crippen molar-refractivity contribution in [3.8, 4) is 6.07 Å². The highest BCUT2D eigenvalue weighted by Gasteiger charge is 2.10.